The molecule has 2 amide bonds. The molecule has 2 N–H and O–H groups in total. The van der Waals surface area contributed by atoms with Crippen molar-refractivity contribution < 1.29 is 28.7 Å². The zero-order valence-electron chi connectivity index (χ0n) is 19.4. The van der Waals surface area contributed by atoms with Crippen molar-refractivity contribution in [1.29, 1.82) is 0 Å². The number of nitrogens with zero attached hydrogens (tertiary/aromatic N) is 6. The second-order valence-electron chi connectivity index (χ2n) is 7.85. The molecule has 2 aliphatic heterocycles. The van der Waals surface area contributed by atoms with E-state index >= 15 is 0 Å². The average molecular weight is 546 g/mol. The van der Waals surface area contributed by atoms with E-state index in [0.717, 1.165) is 4.52 Å². The highest BCUT2D eigenvalue weighted by molar-refractivity contribution is 8.01. The lowest BCUT2D eigenvalue weighted by molar-refractivity contribution is -0.150. The van der Waals surface area contributed by atoms with Gasteiger partial charge < -0.3 is 19.7 Å². The molecule has 0 radical (unpaired) electrons. The van der Waals surface area contributed by atoms with E-state index < -0.39 is 34.9 Å². The fourth-order valence-corrected chi connectivity index (χ4v) is 6.23. The number of rotatable bonds is 8. The molecule has 1 fully saturated rings. The molecule has 1 unspecified atom stereocenters. The Labute approximate surface area is 216 Å². The van der Waals surface area contributed by atoms with Crippen molar-refractivity contribution in [2.75, 3.05) is 18.6 Å². The lowest BCUT2D eigenvalue weighted by Crippen LogP contribution is -2.71. The molecule has 16 heteroatoms. The van der Waals surface area contributed by atoms with Crippen LogP contribution >= 0.6 is 23.5 Å². The van der Waals surface area contributed by atoms with Gasteiger partial charge in [0, 0.05) is 18.6 Å². The number of hydrogen-bond acceptors (Lipinski definition) is 11. The summed E-state index contributed by atoms with van der Waals surface area (Å²) < 4.78 is 7.54. The van der Waals surface area contributed by atoms with E-state index in [1.807, 2.05) is 0 Å². The van der Waals surface area contributed by atoms with E-state index in [9.17, 15) is 24.3 Å². The van der Waals surface area contributed by atoms with Gasteiger partial charge >= 0.3 is 11.7 Å². The summed E-state index contributed by atoms with van der Waals surface area (Å²) in [5.74, 6) is -1.78. The number of carbonyl (C=O) groups is 3. The second-order valence-corrected chi connectivity index (χ2v) is 9.96. The first kappa shape index (κ1) is 24.6. The van der Waals surface area contributed by atoms with Crippen LogP contribution in [0.15, 0.2) is 61.2 Å². The van der Waals surface area contributed by atoms with Crippen LogP contribution in [-0.4, -0.2) is 82.9 Å². The summed E-state index contributed by atoms with van der Waals surface area (Å²) in [4.78, 5) is 55.9. The lowest BCUT2D eigenvalue weighted by atomic mass is 10.0. The van der Waals surface area contributed by atoms with Crippen LogP contribution in [0.2, 0.25) is 0 Å². The van der Waals surface area contributed by atoms with Gasteiger partial charge in [-0.05, 0) is 29.8 Å². The maximum atomic E-state index is 13.0. The molecule has 0 saturated carbocycles. The standard InChI is InChI=1S/C21H19N7O7S2/c1-26-21(33)28-12(23-26)5-6-13(24-28)36-8-10-9-37-19-15(18(30)27(19)16(10)20(31)32)22-17(29)14(25-34-2)11-4-3-7-35-11/h3-7,15,19H,8-9H2,1-2H3,(H,22,29)(H,31,32)/b25-14-/t15?,19-/m0/s1. The van der Waals surface area contributed by atoms with Crippen LogP contribution in [0.1, 0.15) is 5.76 Å². The minimum atomic E-state index is -1.25. The Morgan fingerprint density at radius 3 is 2.84 bits per heavy atom. The molecule has 5 heterocycles. The number of nitrogens with one attached hydrogen (secondary N) is 1. The Hall–Kier alpha value is -4.05. The third-order valence-electron chi connectivity index (χ3n) is 5.58. The summed E-state index contributed by atoms with van der Waals surface area (Å²) in [6.07, 6.45) is 1.37. The third kappa shape index (κ3) is 4.37. The summed E-state index contributed by atoms with van der Waals surface area (Å²) in [6, 6.07) is 5.48. The van der Waals surface area contributed by atoms with Crippen molar-refractivity contribution in [2.45, 2.75) is 16.4 Å². The number of aromatic nitrogens is 4. The topological polar surface area (TPSA) is 174 Å². The van der Waals surface area contributed by atoms with Crippen molar-refractivity contribution >= 4 is 52.7 Å². The number of carboxylic acids is 1. The summed E-state index contributed by atoms with van der Waals surface area (Å²) >= 11 is 2.57. The van der Waals surface area contributed by atoms with Gasteiger partial charge in [0.15, 0.2) is 11.4 Å². The largest absolute Gasteiger partial charge is 0.477 e. The predicted octanol–water partition coefficient (Wildman–Crippen LogP) is -0.0976. The van der Waals surface area contributed by atoms with Crippen LogP contribution in [0.4, 0.5) is 0 Å². The van der Waals surface area contributed by atoms with E-state index in [0.29, 0.717) is 22.0 Å². The highest BCUT2D eigenvalue weighted by atomic mass is 32.2. The first-order valence-corrected chi connectivity index (χ1v) is 12.8. The third-order valence-corrected chi connectivity index (χ3v) is 7.93. The fraction of sp³-hybridized carbons (Fsp3) is 0.286. The predicted molar refractivity (Wildman–Crippen MR) is 131 cm³/mol. The molecule has 2 atom stereocenters. The molecule has 0 aliphatic carbocycles. The molecule has 14 nitrogen and oxygen atoms in total. The lowest BCUT2D eigenvalue weighted by Gasteiger charge is -2.49. The van der Waals surface area contributed by atoms with Gasteiger partial charge in [0.2, 0.25) is 5.71 Å². The van der Waals surface area contributed by atoms with Crippen LogP contribution in [0.5, 0.6) is 0 Å². The number of carboxylic acid groups (broad SMARTS) is 1. The zero-order valence-corrected chi connectivity index (χ0v) is 21.0. The van der Waals surface area contributed by atoms with Gasteiger partial charge in [-0.2, -0.15) is 9.61 Å². The van der Waals surface area contributed by atoms with E-state index in [1.54, 1.807) is 18.2 Å². The number of β-lactam (4-membered cyclic amide) rings is 1. The molecule has 0 aromatic carbocycles. The summed E-state index contributed by atoms with van der Waals surface area (Å²) in [7, 11) is 2.79. The smallest absolute Gasteiger partial charge is 0.366 e. The van der Waals surface area contributed by atoms with E-state index in [1.165, 1.54) is 59.6 Å². The van der Waals surface area contributed by atoms with Crippen molar-refractivity contribution in [2.24, 2.45) is 12.2 Å². The molecule has 0 bridgehead atoms. The van der Waals surface area contributed by atoms with Gasteiger partial charge in [0.05, 0.1) is 6.26 Å². The van der Waals surface area contributed by atoms with Gasteiger partial charge in [0.25, 0.3) is 11.8 Å². The van der Waals surface area contributed by atoms with Crippen LogP contribution in [0.3, 0.4) is 0 Å². The van der Waals surface area contributed by atoms with Crippen LogP contribution < -0.4 is 11.0 Å². The maximum Gasteiger partial charge on any atom is 0.366 e. The second kappa shape index (κ2) is 9.78. The van der Waals surface area contributed by atoms with Crippen molar-refractivity contribution in [3.63, 3.8) is 0 Å². The minimum Gasteiger partial charge on any atom is -0.477 e. The number of hydrogen-bond donors (Lipinski definition) is 2. The van der Waals surface area contributed by atoms with E-state index in [4.69, 9.17) is 9.25 Å². The van der Waals surface area contributed by atoms with Crippen molar-refractivity contribution in [3.05, 3.63) is 58.0 Å². The molecular weight excluding hydrogens is 526 g/mol. The molecule has 37 heavy (non-hydrogen) atoms. The number of fused-ring (bicyclic) bond motifs is 2. The first-order valence-electron chi connectivity index (χ1n) is 10.7. The number of amides is 2. The molecule has 192 valence electrons. The van der Waals surface area contributed by atoms with Crippen LogP contribution in [0, 0.1) is 0 Å². The maximum absolute atomic E-state index is 13.0. The van der Waals surface area contributed by atoms with Gasteiger partial charge in [-0.3, -0.25) is 14.5 Å². The normalized spacial score (nSPS) is 19.6. The SMILES string of the molecule is CO/N=C(\C(=O)NC1C(=O)N2C(C(=O)O)=C(CSc3ccc4nn(C)c(=O)n4n3)CS[C@@H]12)c1ccco1. The van der Waals surface area contributed by atoms with Gasteiger partial charge in [-0.25, -0.2) is 14.3 Å². The Balaban J connectivity index is 1.32. The monoisotopic (exact) mass is 545 g/mol. The highest BCUT2D eigenvalue weighted by Crippen LogP contribution is 2.41. The zero-order chi connectivity index (χ0) is 26.3. The number of aliphatic carboxylic acids is 1. The Kier molecular flexibility index (Phi) is 6.51. The molecule has 1 saturated heterocycles. The molecule has 5 rings (SSSR count). The Bertz CT molecular complexity index is 1530. The number of carbonyl (C=O) groups excluding carboxylic acids is 2. The van der Waals surface area contributed by atoms with Crippen LogP contribution in [0.25, 0.3) is 5.65 Å². The molecular formula is C21H19N7O7S2. The first-order chi connectivity index (χ1) is 17.8. The average Bonchev–Trinajstić information content (AvgIpc) is 3.51. The van der Waals surface area contributed by atoms with Crippen molar-refractivity contribution in [1.82, 2.24) is 29.6 Å². The number of aryl methyl sites for hydroxylation is 1. The molecule has 0 spiro atoms. The molecule has 2 aliphatic rings. The summed E-state index contributed by atoms with van der Waals surface area (Å²) in [5.41, 5.74) is 0.243. The Morgan fingerprint density at radius 1 is 1.32 bits per heavy atom. The minimum absolute atomic E-state index is 0.122. The summed E-state index contributed by atoms with van der Waals surface area (Å²) in [6.45, 7) is 0. The quantitative estimate of drug-likeness (QED) is 0.167. The molecule has 3 aromatic rings. The number of thioether (sulfide) groups is 2. The van der Waals surface area contributed by atoms with Gasteiger partial charge in [-0.1, -0.05) is 5.16 Å². The van der Waals surface area contributed by atoms with E-state index in [-0.39, 0.29) is 22.9 Å². The summed E-state index contributed by atoms with van der Waals surface area (Å²) in [5, 5.41) is 24.4. The molecule has 3 aromatic heterocycles. The number of furan rings is 1. The number of oxime groups is 1. The van der Waals surface area contributed by atoms with Gasteiger partial charge in [-0.15, -0.1) is 28.6 Å². The van der Waals surface area contributed by atoms with Crippen molar-refractivity contribution in [3.8, 4) is 0 Å². The van der Waals surface area contributed by atoms with Gasteiger partial charge in [0.1, 0.15) is 29.2 Å². The van der Waals surface area contributed by atoms with Crippen LogP contribution in [-0.2, 0) is 26.3 Å². The Morgan fingerprint density at radius 2 is 2.14 bits per heavy atom. The fourth-order valence-electron chi connectivity index (χ4n) is 3.89. The van der Waals surface area contributed by atoms with E-state index in [2.05, 4.69) is 20.7 Å². The highest BCUT2D eigenvalue weighted by Gasteiger charge is 2.54.